The van der Waals surface area contributed by atoms with Crippen LogP contribution in [0.2, 0.25) is 0 Å². The van der Waals surface area contributed by atoms with Crippen molar-refractivity contribution in [2.45, 2.75) is 13.0 Å². The summed E-state index contributed by atoms with van der Waals surface area (Å²) >= 11 is 0. The van der Waals surface area contributed by atoms with Gasteiger partial charge in [0.05, 0.1) is 23.5 Å². The number of aromatic nitrogens is 2. The largest absolute Gasteiger partial charge is 0.321 e. The maximum atomic E-state index is 12.8. The molecule has 1 atom stereocenters. The SMILES string of the molecule is CC(N)C(=O)c1cn[nH]c1-c1ccc(F)cc1. The second-order valence-corrected chi connectivity index (χ2v) is 3.82. The maximum Gasteiger partial charge on any atom is 0.183 e. The summed E-state index contributed by atoms with van der Waals surface area (Å²) in [5.74, 6) is -0.522. The zero-order valence-electron chi connectivity index (χ0n) is 9.27. The van der Waals surface area contributed by atoms with Crippen molar-refractivity contribution >= 4 is 5.78 Å². The number of H-pyrrole nitrogens is 1. The van der Waals surface area contributed by atoms with Gasteiger partial charge in [-0.3, -0.25) is 9.89 Å². The molecule has 0 amide bonds. The lowest BCUT2D eigenvalue weighted by Gasteiger charge is -2.05. The molecule has 0 saturated carbocycles. The number of Topliss-reactive ketones (excluding diaryl/α,β-unsaturated/α-hetero) is 1. The van der Waals surface area contributed by atoms with Crippen molar-refractivity contribution in [2.75, 3.05) is 0 Å². The highest BCUT2D eigenvalue weighted by molar-refractivity contribution is 6.04. The summed E-state index contributed by atoms with van der Waals surface area (Å²) in [6.07, 6.45) is 1.43. The minimum atomic E-state index is -0.591. The van der Waals surface area contributed by atoms with Crippen molar-refractivity contribution in [1.82, 2.24) is 10.2 Å². The van der Waals surface area contributed by atoms with Crippen molar-refractivity contribution in [3.8, 4) is 11.3 Å². The van der Waals surface area contributed by atoms with Crippen LogP contribution in [0.1, 0.15) is 17.3 Å². The van der Waals surface area contributed by atoms with Crippen LogP contribution >= 0.6 is 0 Å². The van der Waals surface area contributed by atoms with Gasteiger partial charge < -0.3 is 5.73 Å². The lowest BCUT2D eigenvalue weighted by Crippen LogP contribution is -2.26. The number of nitrogens with zero attached hydrogens (tertiary/aromatic N) is 1. The quantitative estimate of drug-likeness (QED) is 0.793. The lowest BCUT2D eigenvalue weighted by atomic mass is 10.0. The Morgan fingerprint density at radius 2 is 2.06 bits per heavy atom. The standard InChI is InChI=1S/C12H12FN3O/c1-7(14)12(17)10-6-15-16-11(10)8-2-4-9(13)5-3-8/h2-7H,14H2,1H3,(H,15,16). The van der Waals surface area contributed by atoms with Crippen LogP contribution in [0.25, 0.3) is 11.3 Å². The number of aromatic amines is 1. The third-order valence-corrected chi connectivity index (χ3v) is 2.45. The van der Waals surface area contributed by atoms with E-state index < -0.39 is 6.04 Å². The molecule has 0 aliphatic heterocycles. The van der Waals surface area contributed by atoms with E-state index in [0.29, 0.717) is 16.8 Å². The molecule has 2 aromatic rings. The number of nitrogens with two attached hydrogens (primary N) is 1. The zero-order valence-corrected chi connectivity index (χ0v) is 9.27. The second-order valence-electron chi connectivity index (χ2n) is 3.82. The third kappa shape index (κ3) is 2.24. The number of carbonyl (C=O) groups excluding carboxylic acids is 1. The molecule has 1 aromatic carbocycles. The van der Waals surface area contributed by atoms with E-state index in [-0.39, 0.29) is 11.6 Å². The van der Waals surface area contributed by atoms with Gasteiger partial charge in [0.1, 0.15) is 5.82 Å². The van der Waals surface area contributed by atoms with Gasteiger partial charge in [-0.1, -0.05) is 0 Å². The van der Waals surface area contributed by atoms with Crippen LogP contribution in [0.4, 0.5) is 4.39 Å². The van der Waals surface area contributed by atoms with Gasteiger partial charge in [0, 0.05) is 5.56 Å². The van der Waals surface area contributed by atoms with Crippen LogP contribution in [0.15, 0.2) is 30.5 Å². The molecule has 1 unspecified atom stereocenters. The van der Waals surface area contributed by atoms with E-state index in [1.807, 2.05) is 0 Å². The Morgan fingerprint density at radius 3 is 2.65 bits per heavy atom. The van der Waals surface area contributed by atoms with Crippen molar-refractivity contribution in [3.63, 3.8) is 0 Å². The Hall–Kier alpha value is -2.01. The highest BCUT2D eigenvalue weighted by Crippen LogP contribution is 2.22. The van der Waals surface area contributed by atoms with Gasteiger partial charge in [-0.15, -0.1) is 0 Å². The highest BCUT2D eigenvalue weighted by Gasteiger charge is 2.18. The van der Waals surface area contributed by atoms with Gasteiger partial charge in [-0.25, -0.2) is 4.39 Å². The highest BCUT2D eigenvalue weighted by atomic mass is 19.1. The molecule has 0 aliphatic rings. The molecule has 0 saturated heterocycles. The average Bonchev–Trinajstić information content (AvgIpc) is 2.77. The molecule has 2 rings (SSSR count). The van der Waals surface area contributed by atoms with Gasteiger partial charge in [0.15, 0.2) is 5.78 Å². The molecule has 0 bridgehead atoms. The smallest absolute Gasteiger partial charge is 0.183 e. The Bertz CT molecular complexity index is 531. The minimum absolute atomic E-state index is 0.196. The average molecular weight is 233 g/mol. The maximum absolute atomic E-state index is 12.8. The van der Waals surface area contributed by atoms with Crippen molar-refractivity contribution in [2.24, 2.45) is 5.73 Å². The Balaban J connectivity index is 2.43. The first kappa shape index (κ1) is 11.5. The van der Waals surface area contributed by atoms with Crippen LogP contribution in [0.3, 0.4) is 0 Å². The number of hydrogen-bond donors (Lipinski definition) is 2. The number of ketones is 1. The summed E-state index contributed by atoms with van der Waals surface area (Å²) in [6.45, 7) is 1.61. The molecule has 1 heterocycles. The number of benzene rings is 1. The molecule has 17 heavy (non-hydrogen) atoms. The molecule has 3 N–H and O–H groups in total. The van der Waals surface area contributed by atoms with Gasteiger partial charge in [-0.2, -0.15) is 5.10 Å². The number of carbonyl (C=O) groups is 1. The molecule has 4 nitrogen and oxygen atoms in total. The van der Waals surface area contributed by atoms with Crippen LogP contribution in [-0.4, -0.2) is 22.0 Å². The minimum Gasteiger partial charge on any atom is -0.321 e. The first-order valence-electron chi connectivity index (χ1n) is 5.18. The molecule has 0 aliphatic carbocycles. The van der Waals surface area contributed by atoms with Crippen LogP contribution < -0.4 is 5.73 Å². The number of hydrogen-bond acceptors (Lipinski definition) is 3. The number of rotatable bonds is 3. The monoisotopic (exact) mass is 233 g/mol. The first-order chi connectivity index (χ1) is 8.09. The summed E-state index contributed by atoms with van der Waals surface area (Å²) in [6, 6.07) is 5.24. The molecule has 5 heteroatoms. The molecular weight excluding hydrogens is 221 g/mol. The Kier molecular flexibility index (Phi) is 3.01. The Labute approximate surface area is 97.6 Å². The fourth-order valence-electron chi connectivity index (χ4n) is 1.55. The van der Waals surface area contributed by atoms with Gasteiger partial charge in [0.25, 0.3) is 0 Å². The van der Waals surface area contributed by atoms with Gasteiger partial charge >= 0.3 is 0 Å². The molecule has 0 spiro atoms. The molecular formula is C12H12FN3O. The summed E-state index contributed by atoms with van der Waals surface area (Å²) in [5.41, 5.74) is 7.23. The third-order valence-electron chi connectivity index (χ3n) is 2.45. The van der Waals surface area contributed by atoms with E-state index in [1.165, 1.54) is 18.3 Å². The van der Waals surface area contributed by atoms with E-state index in [4.69, 9.17) is 5.73 Å². The molecule has 1 aromatic heterocycles. The first-order valence-corrected chi connectivity index (χ1v) is 5.18. The summed E-state index contributed by atoms with van der Waals surface area (Å²) in [4.78, 5) is 11.8. The number of nitrogens with one attached hydrogen (secondary N) is 1. The van der Waals surface area contributed by atoms with Crippen LogP contribution in [-0.2, 0) is 0 Å². The molecule has 88 valence electrons. The van der Waals surface area contributed by atoms with Crippen LogP contribution in [0, 0.1) is 5.82 Å². The lowest BCUT2D eigenvalue weighted by molar-refractivity contribution is 0.0968. The van der Waals surface area contributed by atoms with Crippen molar-refractivity contribution in [1.29, 1.82) is 0 Å². The summed E-state index contributed by atoms with van der Waals surface area (Å²) in [7, 11) is 0. The predicted molar refractivity (Wildman–Crippen MR) is 62.0 cm³/mol. The fourth-order valence-corrected chi connectivity index (χ4v) is 1.55. The fraction of sp³-hybridized carbons (Fsp3) is 0.167. The van der Waals surface area contributed by atoms with E-state index >= 15 is 0 Å². The predicted octanol–water partition coefficient (Wildman–Crippen LogP) is 1.75. The zero-order chi connectivity index (χ0) is 12.4. The van der Waals surface area contributed by atoms with Crippen molar-refractivity contribution < 1.29 is 9.18 Å². The van der Waals surface area contributed by atoms with Crippen molar-refractivity contribution in [3.05, 3.63) is 41.8 Å². The normalized spacial score (nSPS) is 12.4. The van der Waals surface area contributed by atoms with Crippen LogP contribution in [0.5, 0.6) is 0 Å². The van der Waals surface area contributed by atoms with E-state index in [1.54, 1.807) is 19.1 Å². The Morgan fingerprint density at radius 1 is 1.41 bits per heavy atom. The van der Waals surface area contributed by atoms with Gasteiger partial charge in [-0.05, 0) is 31.2 Å². The summed E-state index contributed by atoms with van der Waals surface area (Å²) < 4.78 is 12.8. The van der Waals surface area contributed by atoms with Gasteiger partial charge in [0.2, 0.25) is 0 Å². The second kappa shape index (κ2) is 4.47. The van der Waals surface area contributed by atoms with E-state index in [9.17, 15) is 9.18 Å². The van der Waals surface area contributed by atoms with E-state index in [0.717, 1.165) is 0 Å². The molecule has 0 radical (unpaired) electrons. The van der Waals surface area contributed by atoms with E-state index in [2.05, 4.69) is 10.2 Å². The topological polar surface area (TPSA) is 71.8 Å². The molecule has 0 fully saturated rings. The number of halogens is 1. The summed E-state index contributed by atoms with van der Waals surface area (Å²) in [5, 5.41) is 6.56.